The molecule has 0 saturated carbocycles. The van der Waals surface area contributed by atoms with Crippen molar-refractivity contribution in [2.45, 2.75) is 32.7 Å². The van der Waals surface area contributed by atoms with Crippen LogP contribution in [0.4, 0.5) is 4.79 Å². The minimum atomic E-state index is -0.822. The minimum absolute atomic E-state index is 0.560. The van der Waals surface area contributed by atoms with E-state index in [0.29, 0.717) is 25.6 Å². The predicted molar refractivity (Wildman–Crippen MR) is 111 cm³/mol. The first-order valence-electron chi connectivity index (χ1n) is 10.0. The molecule has 0 bridgehead atoms. The minimum Gasteiger partial charge on any atom is -0.493 e. The number of piperazine rings is 1. The Morgan fingerprint density at radius 3 is 2.14 bits per heavy atom. The van der Waals surface area contributed by atoms with Crippen LogP contribution < -0.4 is 4.74 Å². The Morgan fingerprint density at radius 1 is 0.964 bits per heavy atom. The van der Waals surface area contributed by atoms with E-state index < -0.39 is 6.09 Å². The molecular formula is C23H30N2O3. The van der Waals surface area contributed by atoms with Crippen molar-refractivity contribution in [3.63, 3.8) is 0 Å². The summed E-state index contributed by atoms with van der Waals surface area (Å²) in [6.45, 7) is 8.63. The third kappa shape index (κ3) is 5.73. The molecule has 0 spiro atoms. The van der Waals surface area contributed by atoms with Crippen molar-refractivity contribution in [2.24, 2.45) is 0 Å². The van der Waals surface area contributed by atoms with Crippen molar-refractivity contribution in [1.29, 1.82) is 0 Å². The molecule has 0 aromatic heterocycles. The lowest BCUT2D eigenvalue weighted by atomic mass is 10.0. The zero-order valence-corrected chi connectivity index (χ0v) is 16.8. The van der Waals surface area contributed by atoms with Crippen LogP contribution in [0.5, 0.6) is 5.75 Å². The number of hydrogen-bond acceptors (Lipinski definition) is 3. The van der Waals surface area contributed by atoms with Gasteiger partial charge in [0.25, 0.3) is 0 Å². The van der Waals surface area contributed by atoms with Gasteiger partial charge in [-0.1, -0.05) is 50.2 Å². The molecule has 0 atom stereocenters. The Bertz CT molecular complexity index is 748. The summed E-state index contributed by atoms with van der Waals surface area (Å²) in [5, 5.41) is 9.02. The van der Waals surface area contributed by atoms with Crippen molar-refractivity contribution in [3.05, 3.63) is 65.2 Å². The molecule has 1 fully saturated rings. The van der Waals surface area contributed by atoms with E-state index in [1.807, 2.05) is 12.1 Å². The zero-order valence-electron chi connectivity index (χ0n) is 16.8. The first-order chi connectivity index (χ1) is 13.5. The molecule has 2 aromatic rings. The molecule has 0 unspecified atom stereocenters. The van der Waals surface area contributed by atoms with Gasteiger partial charge in [0.15, 0.2) is 0 Å². The van der Waals surface area contributed by atoms with Gasteiger partial charge in [-0.15, -0.1) is 0 Å². The second-order valence-electron chi connectivity index (χ2n) is 7.68. The van der Waals surface area contributed by atoms with Gasteiger partial charge in [-0.25, -0.2) is 4.79 Å². The fourth-order valence-electron chi connectivity index (χ4n) is 3.40. The van der Waals surface area contributed by atoms with Crippen molar-refractivity contribution in [2.75, 3.05) is 32.8 Å². The Morgan fingerprint density at radius 2 is 1.57 bits per heavy atom. The smallest absolute Gasteiger partial charge is 0.407 e. The predicted octanol–water partition coefficient (Wildman–Crippen LogP) is 4.23. The molecule has 5 heteroatoms. The lowest BCUT2D eigenvalue weighted by Crippen LogP contribution is -2.47. The van der Waals surface area contributed by atoms with Crippen LogP contribution in [-0.2, 0) is 13.0 Å². The molecule has 28 heavy (non-hydrogen) atoms. The third-order valence-electron chi connectivity index (χ3n) is 5.28. The summed E-state index contributed by atoms with van der Waals surface area (Å²) in [5.74, 6) is 1.45. The number of carboxylic acid groups (broad SMARTS) is 1. The van der Waals surface area contributed by atoms with Gasteiger partial charge in [-0.3, -0.25) is 4.90 Å². The Balaban J connectivity index is 1.41. The summed E-state index contributed by atoms with van der Waals surface area (Å²) in [5.41, 5.74) is 3.88. The van der Waals surface area contributed by atoms with E-state index in [0.717, 1.165) is 31.8 Å². The van der Waals surface area contributed by atoms with Gasteiger partial charge in [0.2, 0.25) is 0 Å². The average Bonchev–Trinajstić information content (AvgIpc) is 2.70. The zero-order chi connectivity index (χ0) is 19.9. The van der Waals surface area contributed by atoms with Crippen molar-refractivity contribution >= 4 is 6.09 Å². The topological polar surface area (TPSA) is 53.0 Å². The van der Waals surface area contributed by atoms with Crippen molar-refractivity contribution in [1.82, 2.24) is 9.80 Å². The molecule has 150 valence electrons. The number of ether oxygens (including phenoxy) is 1. The molecule has 1 N–H and O–H groups in total. The molecule has 5 nitrogen and oxygen atoms in total. The number of amides is 1. The van der Waals surface area contributed by atoms with Crippen LogP contribution in [0.25, 0.3) is 0 Å². The number of rotatable bonds is 7. The van der Waals surface area contributed by atoms with Crippen LogP contribution in [0.15, 0.2) is 48.5 Å². The first-order valence-corrected chi connectivity index (χ1v) is 10.0. The van der Waals surface area contributed by atoms with E-state index in [9.17, 15) is 4.79 Å². The van der Waals surface area contributed by atoms with Crippen LogP contribution in [0.1, 0.15) is 36.5 Å². The van der Waals surface area contributed by atoms with Crippen molar-refractivity contribution in [3.8, 4) is 5.75 Å². The lowest BCUT2D eigenvalue weighted by molar-refractivity contribution is 0.103. The van der Waals surface area contributed by atoms with Crippen LogP contribution >= 0.6 is 0 Å². The van der Waals surface area contributed by atoms with Crippen molar-refractivity contribution < 1.29 is 14.6 Å². The van der Waals surface area contributed by atoms with E-state index in [4.69, 9.17) is 9.84 Å². The largest absolute Gasteiger partial charge is 0.493 e. The molecule has 3 rings (SSSR count). The summed E-state index contributed by atoms with van der Waals surface area (Å²) in [6, 6.07) is 17.0. The van der Waals surface area contributed by atoms with E-state index in [2.05, 4.69) is 55.1 Å². The molecule has 1 aliphatic rings. The standard InChI is InChI=1S/C23H30N2O3/c1-18(2)21-7-3-19(4-8-21)11-16-28-22-9-5-20(6-10-22)17-24-12-14-25(15-13-24)23(26)27/h3-10,18H,11-17H2,1-2H3,(H,26,27). The summed E-state index contributed by atoms with van der Waals surface area (Å²) >= 11 is 0. The monoisotopic (exact) mass is 382 g/mol. The second kappa shape index (κ2) is 9.60. The summed E-state index contributed by atoms with van der Waals surface area (Å²) in [6.07, 6.45) is 0.0746. The number of carbonyl (C=O) groups is 1. The summed E-state index contributed by atoms with van der Waals surface area (Å²) in [7, 11) is 0. The van der Waals surface area contributed by atoms with Gasteiger partial charge in [-0.2, -0.15) is 0 Å². The van der Waals surface area contributed by atoms with Gasteiger partial charge in [0.1, 0.15) is 5.75 Å². The molecule has 1 saturated heterocycles. The van der Waals surface area contributed by atoms with E-state index >= 15 is 0 Å². The quantitative estimate of drug-likeness (QED) is 0.779. The van der Waals surface area contributed by atoms with E-state index in [-0.39, 0.29) is 0 Å². The highest BCUT2D eigenvalue weighted by Gasteiger charge is 2.20. The van der Waals surface area contributed by atoms with E-state index in [1.54, 1.807) is 0 Å². The van der Waals surface area contributed by atoms with E-state index in [1.165, 1.54) is 21.6 Å². The Kier molecular flexibility index (Phi) is 6.93. The Labute approximate surface area is 167 Å². The van der Waals surface area contributed by atoms with Gasteiger partial charge < -0.3 is 14.7 Å². The van der Waals surface area contributed by atoms with Gasteiger partial charge >= 0.3 is 6.09 Å². The summed E-state index contributed by atoms with van der Waals surface area (Å²) < 4.78 is 5.89. The van der Waals surface area contributed by atoms with Crippen LogP contribution in [-0.4, -0.2) is 53.8 Å². The van der Waals surface area contributed by atoms with Gasteiger partial charge in [-0.05, 0) is 34.7 Å². The van der Waals surface area contributed by atoms with Crippen LogP contribution in [0.3, 0.4) is 0 Å². The second-order valence-corrected chi connectivity index (χ2v) is 7.68. The van der Waals surface area contributed by atoms with Gasteiger partial charge in [0.05, 0.1) is 6.61 Å². The molecule has 1 heterocycles. The van der Waals surface area contributed by atoms with Crippen LogP contribution in [0.2, 0.25) is 0 Å². The first kappa shape index (κ1) is 20.2. The Hall–Kier alpha value is -2.53. The average molecular weight is 383 g/mol. The maximum Gasteiger partial charge on any atom is 0.407 e. The molecule has 0 radical (unpaired) electrons. The highest BCUT2D eigenvalue weighted by molar-refractivity contribution is 5.65. The summed E-state index contributed by atoms with van der Waals surface area (Å²) in [4.78, 5) is 14.7. The lowest BCUT2D eigenvalue weighted by Gasteiger charge is -2.33. The number of benzene rings is 2. The molecule has 1 amide bonds. The fraction of sp³-hybridized carbons (Fsp3) is 0.435. The molecular weight excluding hydrogens is 352 g/mol. The maximum absolute atomic E-state index is 11.0. The maximum atomic E-state index is 11.0. The number of hydrogen-bond donors (Lipinski definition) is 1. The third-order valence-corrected chi connectivity index (χ3v) is 5.28. The molecule has 0 aliphatic carbocycles. The highest BCUT2D eigenvalue weighted by Crippen LogP contribution is 2.17. The molecule has 2 aromatic carbocycles. The molecule has 1 aliphatic heterocycles. The highest BCUT2D eigenvalue weighted by atomic mass is 16.5. The SMILES string of the molecule is CC(C)c1ccc(CCOc2ccc(CN3CCN(C(=O)O)CC3)cc2)cc1. The fourth-order valence-corrected chi connectivity index (χ4v) is 3.40. The number of nitrogens with zero attached hydrogens (tertiary/aromatic N) is 2. The van der Waals surface area contributed by atoms with Gasteiger partial charge in [0, 0.05) is 39.1 Å². The normalized spacial score (nSPS) is 15.0. The van der Waals surface area contributed by atoms with Crippen LogP contribution in [0, 0.1) is 0 Å².